The molecule has 32 heavy (non-hydrogen) atoms. The predicted molar refractivity (Wildman–Crippen MR) is 115 cm³/mol. The smallest absolute Gasteiger partial charge is 0.320 e. The van der Waals surface area contributed by atoms with Crippen LogP contribution in [0.3, 0.4) is 0 Å². The van der Waals surface area contributed by atoms with Gasteiger partial charge in [0.1, 0.15) is 0 Å². The summed E-state index contributed by atoms with van der Waals surface area (Å²) in [4.78, 5) is 28.7. The summed E-state index contributed by atoms with van der Waals surface area (Å²) < 4.78 is 10.7. The first-order valence-electron chi connectivity index (χ1n) is 9.90. The van der Waals surface area contributed by atoms with E-state index in [4.69, 9.17) is 9.26 Å². The summed E-state index contributed by atoms with van der Waals surface area (Å²) in [6.07, 6.45) is 1.91. The van der Waals surface area contributed by atoms with Crippen LogP contribution in [0.5, 0.6) is 5.75 Å². The highest BCUT2D eigenvalue weighted by atomic mass is 16.5. The van der Waals surface area contributed by atoms with Crippen LogP contribution in [0.15, 0.2) is 28.8 Å². The van der Waals surface area contributed by atoms with Gasteiger partial charge in [0.05, 0.1) is 24.0 Å². The van der Waals surface area contributed by atoms with Gasteiger partial charge in [-0.1, -0.05) is 11.2 Å². The molecule has 1 aliphatic rings. The number of rotatable bonds is 7. The Morgan fingerprint density at radius 3 is 2.66 bits per heavy atom. The van der Waals surface area contributed by atoms with Gasteiger partial charge in [0.25, 0.3) is 5.91 Å². The van der Waals surface area contributed by atoms with Gasteiger partial charge in [-0.25, -0.2) is 4.79 Å². The monoisotopic (exact) mass is 438 g/mol. The van der Waals surface area contributed by atoms with Crippen LogP contribution in [-0.2, 0) is 0 Å². The number of hydrogen-bond donors (Lipinski definition) is 4. The molecule has 0 radical (unpaired) electrons. The molecule has 0 bridgehead atoms. The second kappa shape index (κ2) is 8.88. The van der Waals surface area contributed by atoms with Crippen LogP contribution in [0.2, 0.25) is 0 Å². The van der Waals surface area contributed by atoms with Crippen molar-refractivity contribution in [3.63, 3.8) is 0 Å². The van der Waals surface area contributed by atoms with Crippen molar-refractivity contribution in [2.75, 3.05) is 24.8 Å². The Labute approximate surface area is 183 Å². The maximum atomic E-state index is 12.3. The van der Waals surface area contributed by atoms with E-state index in [1.165, 1.54) is 20.2 Å². The van der Waals surface area contributed by atoms with E-state index in [2.05, 4.69) is 41.6 Å². The molecule has 3 aromatic rings. The van der Waals surface area contributed by atoms with E-state index in [0.29, 0.717) is 34.4 Å². The van der Waals surface area contributed by atoms with Crippen molar-refractivity contribution in [3.05, 3.63) is 35.9 Å². The molecular formula is C20H22N8O4. The van der Waals surface area contributed by atoms with Gasteiger partial charge in [0, 0.05) is 26.1 Å². The molecule has 0 atom stereocenters. The van der Waals surface area contributed by atoms with Crippen molar-refractivity contribution < 1.29 is 18.8 Å². The minimum atomic E-state index is -0.446. The van der Waals surface area contributed by atoms with Gasteiger partial charge < -0.3 is 25.2 Å². The normalized spacial score (nSPS) is 12.7. The zero-order chi connectivity index (χ0) is 22.7. The Hall–Kier alpha value is -4.22. The van der Waals surface area contributed by atoms with Gasteiger partial charge in [-0.05, 0) is 25.0 Å². The topological polar surface area (TPSA) is 156 Å². The number of carbonyl (C=O) groups is 2. The first-order valence-corrected chi connectivity index (χ1v) is 9.90. The third-order valence-corrected chi connectivity index (χ3v) is 4.65. The Kier molecular flexibility index (Phi) is 5.83. The predicted octanol–water partition coefficient (Wildman–Crippen LogP) is 2.23. The summed E-state index contributed by atoms with van der Waals surface area (Å²) in [6, 6.07) is 6.65. The van der Waals surface area contributed by atoms with Crippen molar-refractivity contribution in [1.29, 1.82) is 0 Å². The molecule has 12 nitrogen and oxygen atoms in total. The zero-order valence-electron chi connectivity index (χ0n) is 17.7. The number of para-hydroxylation sites is 1. The molecule has 3 amide bonds. The van der Waals surface area contributed by atoms with Crippen LogP contribution < -0.4 is 26.0 Å². The molecule has 166 valence electrons. The van der Waals surface area contributed by atoms with E-state index in [0.717, 1.165) is 12.8 Å². The van der Waals surface area contributed by atoms with Crippen LogP contribution in [-0.4, -0.2) is 52.5 Å². The van der Waals surface area contributed by atoms with Crippen LogP contribution in [0.4, 0.5) is 22.0 Å². The van der Waals surface area contributed by atoms with Gasteiger partial charge in [-0.15, -0.1) is 10.2 Å². The number of urea groups is 1. The maximum absolute atomic E-state index is 12.3. The zero-order valence-corrected chi connectivity index (χ0v) is 17.7. The van der Waals surface area contributed by atoms with E-state index in [9.17, 15) is 9.59 Å². The van der Waals surface area contributed by atoms with Crippen LogP contribution >= 0.6 is 0 Å². The molecule has 2 heterocycles. The lowest BCUT2D eigenvalue weighted by Gasteiger charge is -2.16. The molecule has 4 N–H and O–H groups in total. The number of nitrogens with zero attached hydrogens (tertiary/aromatic N) is 4. The van der Waals surface area contributed by atoms with Crippen molar-refractivity contribution in [3.8, 4) is 17.1 Å². The summed E-state index contributed by atoms with van der Waals surface area (Å²) in [5, 5.41) is 23.0. The quantitative estimate of drug-likeness (QED) is 0.434. The number of amides is 3. The lowest BCUT2D eigenvalue weighted by Crippen LogP contribution is -2.31. The molecular weight excluding hydrogens is 416 g/mol. The fourth-order valence-corrected chi connectivity index (χ4v) is 2.98. The standard InChI is InChI=1S/C20H22N8O4/c1-10-22-18(28-32-10)12-5-4-6-13(17(12)31-3)24-14-9-15(25-20(30)23-11-7-8-11)26-27-16(14)19(29)21-2/h4-6,9,11H,7-8H2,1-3H3,(H,21,29)(H3,23,24,25,26,30). The molecule has 1 aliphatic carbocycles. The van der Waals surface area contributed by atoms with Crippen LogP contribution in [0.1, 0.15) is 29.2 Å². The third-order valence-electron chi connectivity index (χ3n) is 4.65. The Morgan fingerprint density at radius 1 is 1.19 bits per heavy atom. The number of benzene rings is 1. The lowest BCUT2D eigenvalue weighted by atomic mass is 10.1. The average Bonchev–Trinajstić information content (AvgIpc) is 3.49. The number of aryl methyl sites for hydroxylation is 1. The van der Waals surface area contributed by atoms with Crippen molar-refractivity contribution >= 4 is 29.1 Å². The number of anilines is 3. The van der Waals surface area contributed by atoms with Gasteiger partial charge in [-0.3, -0.25) is 10.1 Å². The third kappa shape index (κ3) is 4.58. The van der Waals surface area contributed by atoms with Crippen LogP contribution in [0.25, 0.3) is 11.4 Å². The lowest BCUT2D eigenvalue weighted by molar-refractivity contribution is 0.0958. The molecule has 0 spiro atoms. The summed E-state index contributed by atoms with van der Waals surface area (Å²) in [5.41, 5.74) is 1.49. The highest BCUT2D eigenvalue weighted by Crippen LogP contribution is 2.37. The first kappa shape index (κ1) is 21.0. The van der Waals surface area contributed by atoms with Crippen molar-refractivity contribution in [2.24, 2.45) is 0 Å². The fraction of sp³-hybridized carbons (Fsp3) is 0.300. The SMILES string of the molecule is CNC(=O)c1nnc(NC(=O)NC2CC2)cc1Nc1cccc(-c2noc(C)n2)c1OC. The summed E-state index contributed by atoms with van der Waals surface area (Å²) >= 11 is 0. The molecule has 2 aromatic heterocycles. The number of methoxy groups -OCH3 is 1. The number of carbonyl (C=O) groups excluding carboxylic acids is 2. The second-order valence-corrected chi connectivity index (χ2v) is 7.09. The van der Waals surface area contributed by atoms with E-state index in [1.54, 1.807) is 25.1 Å². The highest BCUT2D eigenvalue weighted by Gasteiger charge is 2.24. The largest absolute Gasteiger partial charge is 0.494 e. The van der Waals surface area contributed by atoms with Gasteiger partial charge in [0.2, 0.25) is 11.7 Å². The summed E-state index contributed by atoms with van der Waals surface area (Å²) in [6.45, 7) is 1.69. The number of nitrogens with one attached hydrogen (secondary N) is 4. The van der Waals surface area contributed by atoms with Crippen molar-refractivity contribution in [2.45, 2.75) is 25.8 Å². The molecule has 1 saturated carbocycles. The minimum Gasteiger partial charge on any atom is -0.494 e. The number of aromatic nitrogens is 4. The summed E-state index contributed by atoms with van der Waals surface area (Å²) in [5.74, 6) is 0.955. The Balaban J connectivity index is 1.68. The molecule has 1 aromatic carbocycles. The first-order chi connectivity index (χ1) is 15.5. The second-order valence-electron chi connectivity index (χ2n) is 7.09. The van der Waals surface area contributed by atoms with Gasteiger partial charge >= 0.3 is 6.03 Å². The van der Waals surface area contributed by atoms with E-state index in [1.807, 2.05) is 0 Å². The average molecular weight is 438 g/mol. The highest BCUT2D eigenvalue weighted by molar-refractivity contribution is 5.99. The van der Waals surface area contributed by atoms with Gasteiger partial charge in [-0.2, -0.15) is 4.98 Å². The van der Waals surface area contributed by atoms with Gasteiger partial charge in [0.15, 0.2) is 17.3 Å². The summed E-state index contributed by atoms with van der Waals surface area (Å²) in [7, 11) is 3.00. The van der Waals surface area contributed by atoms with E-state index < -0.39 is 5.91 Å². The molecule has 12 heteroatoms. The molecule has 0 saturated heterocycles. The van der Waals surface area contributed by atoms with Crippen molar-refractivity contribution in [1.82, 2.24) is 31.0 Å². The Morgan fingerprint density at radius 2 is 2.00 bits per heavy atom. The fourth-order valence-electron chi connectivity index (χ4n) is 2.98. The molecule has 0 aliphatic heterocycles. The number of ether oxygens (including phenoxy) is 1. The Bertz CT molecular complexity index is 1160. The molecule has 0 unspecified atom stereocenters. The van der Waals surface area contributed by atoms with Crippen LogP contribution in [0, 0.1) is 6.92 Å². The molecule has 1 fully saturated rings. The van der Waals surface area contributed by atoms with E-state index in [-0.39, 0.29) is 23.6 Å². The molecule has 4 rings (SSSR count). The minimum absolute atomic E-state index is 0.0449. The van der Waals surface area contributed by atoms with E-state index >= 15 is 0 Å². The number of hydrogen-bond acceptors (Lipinski definition) is 9. The maximum Gasteiger partial charge on any atom is 0.320 e.